The van der Waals surface area contributed by atoms with Gasteiger partial charge in [0.15, 0.2) is 0 Å². The lowest BCUT2D eigenvalue weighted by Gasteiger charge is -2.28. The van der Waals surface area contributed by atoms with E-state index in [0.29, 0.717) is 19.5 Å². The van der Waals surface area contributed by atoms with Crippen LogP contribution in [0.1, 0.15) is 80.1 Å². The Morgan fingerprint density at radius 1 is 0.690 bits per heavy atom. The Morgan fingerprint density at radius 3 is 1.64 bits per heavy atom. The molecule has 5 atom stereocenters. The Labute approximate surface area is 246 Å². The van der Waals surface area contributed by atoms with Crippen LogP contribution in [0.25, 0.3) is 0 Å². The second kappa shape index (κ2) is 17.3. The van der Waals surface area contributed by atoms with E-state index < -0.39 is 78.5 Å². The van der Waals surface area contributed by atoms with Crippen molar-refractivity contribution < 1.29 is 43.8 Å². The fraction of sp³-hybridized carbons (Fsp3) is 0.750. The number of likely N-dealkylation sites (tertiary alicyclic amines) is 1. The maximum atomic E-state index is 13.4. The van der Waals surface area contributed by atoms with Crippen LogP contribution in [0, 0.1) is 17.8 Å². The molecule has 0 aliphatic carbocycles. The minimum atomic E-state index is -1.68. The molecule has 0 aromatic carbocycles. The van der Waals surface area contributed by atoms with Gasteiger partial charge in [-0.15, -0.1) is 0 Å². The Kier molecular flexibility index (Phi) is 15.0. The summed E-state index contributed by atoms with van der Waals surface area (Å²) in [6.07, 6.45) is 0.823. The first kappa shape index (κ1) is 36.3. The first-order valence-corrected chi connectivity index (χ1v) is 14.5. The van der Waals surface area contributed by atoms with E-state index in [-0.39, 0.29) is 24.2 Å². The van der Waals surface area contributed by atoms with E-state index in [2.05, 4.69) is 21.3 Å². The Hall–Kier alpha value is -3.71. The molecule has 0 aromatic rings. The first-order chi connectivity index (χ1) is 19.6. The van der Waals surface area contributed by atoms with E-state index in [1.165, 1.54) is 0 Å². The minimum Gasteiger partial charge on any atom is -0.481 e. The van der Waals surface area contributed by atoms with E-state index in [9.17, 15) is 43.8 Å². The molecular weight excluding hydrogens is 550 g/mol. The van der Waals surface area contributed by atoms with Gasteiger partial charge < -0.3 is 36.4 Å². The number of rotatable bonds is 17. The van der Waals surface area contributed by atoms with Crippen LogP contribution in [0.2, 0.25) is 0 Å². The molecule has 0 aromatic heterocycles. The summed E-state index contributed by atoms with van der Waals surface area (Å²) in [4.78, 5) is 89.8. The van der Waals surface area contributed by atoms with Crippen LogP contribution in [-0.4, -0.2) is 93.8 Å². The monoisotopic (exact) mass is 597 g/mol. The third-order valence-electron chi connectivity index (χ3n) is 7.12. The van der Waals surface area contributed by atoms with E-state index in [1.54, 1.807) is 39.5 Å². The molecule has 1 rings (SSSR count). The summed E-state index contributed by atoms with van der Waals surface area (Å²) >= 11 is 0. The van der Waals surface area contributed by atoms with Crippen molar-refractivity contribution in [2.45, 2.75) is 104 Å². The summed E-state index contributed by atoms with van der Waals surface area (Å²) in [5.41, 5.74) is 0. The van der Waals surface area contributed by atoms with Crippen LogP contribution in [0.4, 0.5) is 0 Å². The third-order valence-corrected chi connectivity index (χ3v) is 7.12. The molecule has 1 saturated heterocycles. The molecule has 0 spiro atoms. The molecule has 1 aliphatic rings. The van der Waals surface area contributed by atoms with E-state index in [4.69, 9.17) is 0 Å². The van der Waals surface area contributed by atoms with Crippen molar-refractivity contribution in [3.8, 4) is 0 Å². The maximum absolute atomic E-state index is 13.4. The van der Waals surface area contributed by atoms with E-state index >= 15 is 0 Å². The van der Waals surface area contributed by atoms with Crippen molar-refractivity contribution in [2.24, 2.45) is 17.8 Å². The number of carbonyl (C=O) groups is 7. The zero-order valence-electron chi connectivity index (χ0n) is 25.4. The van der Waals surface area contributed by atoms with Crippen molar-refractivity contribution in [3.63, 3.8) is 0 Å². The van der Waals surface area contributed by atoms with Crippen molar-refractivity contribution in [2.75, 3.05) is 13.1 Å². The van der Waals surface area contributed by atoms with Gasteiger partial charge in [0.05, 0.1) is 12.8 Å². The molecule has 0 radical (unpaired) electrons. The number of hydrogen-bond donors (Lipinski definition) is 6. The number of amides is 5. The van der Waals surface area contributed by atoms with E-state index in [0.717, 1.165) is 12.8 Å². The molecule has 14 heteroatoms. The second-order valence-corrected chi connectivity index (χ2v) is 11.6. The number of carboxylic acids is 2. The molecule has 5 amide bonds. The van der Waals surface area contributed by atoms with Gasteiger partial charge in [-0.25, -0.2) is 4.79 Å². The van der Waals surface area contributed by atoms with Crippen LogP contribution < -0.4 is 21.3 Å². The van der Waals surface area contributed by atoms with Crippen LogP contribution in [0.5, 0.6) is 0 Å². The molecule has 1 heterocycles. The van der Waals surface area contributed by atoms with E-state index in [1.807, 2.05) is 6.92 Å². The molecule has 0 saturated carbocycles. The summed E-state index contributed by atoms with van der Waals surface area (Å²) in [6.45, 7) is 11.4. The zero-order chi connectivity index (χ0) is 32.1. The standard InChI is InChI=1S/C28H47N5O9/c1-7-17(6)23(32-24(37)16(4)5)27(40)30-18(13-21(34)33-10-8-9-11-33)25(38)29-19(14-22(35)36)26(39)31-20(28(41)42)12-15(2)3/h15-20,23H,7-14H2,1-6H3,(H,29,38)(H,30,40)(H,31,39)(H,32,37)(H,35,36)(H,41,42)/t17-,18-,19-,20-,23-/m0/s1. The summed E-state index contributed by atoms with van der Waals surface area (Å²) < 4.78 is 0. The topological polar surface area (TPSA) is 211 Å². The molecule has 1 fully saturated rings. The van der Waals surface area contributed by atoms with Gasteiger partial charge in [-0.3, -0.25) is 28.8 Å². The largest absolute Gasteiger partial charge is 0.481 e. The highest BCUT2D eigenvalue weighted by Gasteiger charge is 2.35. The Morgan fingerprint density at radius 2 is 1.19 bits per heavy atom. The lowest BCUT2D eigenvalue weighted by Crippen LogP contribution is -2.59. The fourth-order valence-corrected chi connectivity index (χ4v) is 4.38. The summed E-state index contributed by atoms with van der Waals surface area (Å²) in [5.74, 6) is -7.14. The fourth-order valence-electron chi connectivity index (χ4n) is 4.38. The quantitative estimate of drug-likeness (QED) is 0.135. The molecule has 42 heavy (non-hydrogen) atoms. The zero-order valence-corrected chi connectivity index (χ0v) is 25.4. The number of nitrogens with zero attached hydrogens (tertiary/aromatic N) is 1. The SMILES string of the molecule is CC[C@H](C)[C@H](NC(=O)C(C)C)C(=O)N[C@@H](CC(=O)N1CCCC1)C(=O)N[C@@H](CC(=O)O)C(=O)N[C@@H](CC(C)C)C(=O)O. The van der Waals surface area contributed by atoms with Crippen LogP contribution in [0.3, 0.4) is 0 Å². The van der Waals surface area contributed by atoms with Gasteiger partial charge in [-0.05, 0) is 31.1 Å². The average Bonchev–Trinajstić information content (AvgIpc) is 3.44. The molecule has 14 nitrogen and oxygen atoms in total. The number of carboxylic acid groups (broad SMARTS) is 2. The molecular formula is C28H47N5O9. The number of nitrogens with one attached hydrogen (secondary N) is 4. The summed E-state index contributed by atoms with van der Waals surface area (Å²) in [5, 5.41) is 28.6. The second-order valence-electron chi connectivity index (χ2n) is 11.6. The lowest BCUT2D eigenvalue weighted by atomic mass is 9.97. The van der Waals surface area contributed by atoms with Crippen molar-refractivity contribution in [3.05, 3.63) is 0 Å². The van der Waals surface area contributed by atoms with Crippen LogP contribution in [0.15, 0.2) is 0 Å². The Bertz CT molecular complexity index is 994. The van der Waals surface area contributed by atoms with Gasteiger partial charge in [0.25, 0.3) is 0 Å². The summed E-state index contributed by atoms with van der Waals surface area (Å²) in [7, 11) is 0. The highest BCUT2D eigenvalue weighted by molar-refractivity contribution is 5.98. The van der Waals surface area contributed by atoms with Gasteiger partial charge in [-0.1, -0.05) is 48.0 Å². The maximum Gasteiger partial charge on any atom is 0.326 e. The highest BCUT2D eigenvalue weighted by atomic mass is 16.4. The van der Waals surface area contributed by atoms with Crippen LogP contribution in [-0.2, 0) is 33.6 Å². The number of hydrogen-bond acceptors (Lipinski definition) is 7. The highest BCUT2D eigenvalue weighted by Crippen LogP contribution is 2.13. The third kappa shape index (κ3) is 12.0. The predicted molar refractivity (Wildman–Crippen MR) is 152 cm³/mol. The number of aliphatic carboxylic acids is 2. The first-order valence-electron chi connectivity index (χ1n) is 14.5. The van der Waals surface area contributed by atoms with Crippen LogP contribution >= 0.6 is 0 Å². The lowest BCUT2D eigenvalue weighted by molar-refractivity contribution is -0.144. The molecule has 0 bridgehead atoms. The Balaban J connectivity index is 3.26. The van der Waals surface area contributed by atoms with Gasteiger partial charge in [0, 0.05) is 19.0 Å². The molecule has 1 aliphatic heterocycles. The van der Waals surface area contributed by atoms with Crippen molar-refractivity contribution in [1.82, 2.24) is 26.2 Å². The molecule has 6 N–H and O–H groups in total. The minimum absolute atomic E-state index is 0.0664. The number of carbonyl (C=O) groups excluding carboxylic acids is 5. The smallest absolute Gasteiger partial charge is 0.326 e. The van der Waals surface area contributed by atoms with Gasteiger partial charge in [-0.2, -0.15) is 0 Å². The van der Waals surface area contributed by atoms with Crippen molar-refractivity contribution in [1.29, 1.82) is 0 Å². The van der Waals surface area contributed by atoms with Crippen molar-refractivity contribution >= 4 is 41.5 Å². The molecule has 0 unspecified atom stereocenters. The molecule has 238 valence electrons. The van der Waals surface area contributed by atoms with Gasteiger partial charge >= 0.3 is 11.9 Å². The average molecular weight is 598 g/mol. The van der Waals surface area contributed by atoms with Gasteiger partial charge in [0.1, 0.15) is 24.2 Å². The van der Waals surface area contributed by atoms with Gasteiger partial charge in [0.2, 0.25) is 29.5 Å². The predicted octanol–water partition coefficient (Wildman–Crippen LogP) is 0.246. The normalized spacial score (nSPS) is 16.6. The summed E-state index contributed by atoms with van der Waals surface area (Å²) in [6, 6.07) is -5.52.